The van der Waals surface area contributed by atoms with Crippen molar-refractivity contribution in [3.8, 4) is 11.4 Å². The van der Waals surface area contributed by atoms with Gasteiger partial charge in [-0.15, -0.1) is 0 Å². The molecule has 2 aromatic heterocycles. The van der Waals surface area contributed by atoms with Crippen LogP contribution in [0, 0.1) is 0 Å². The lowest BCUT2D eigenvalue weighted by atomic mass is 10.2. The molecule has 1 aromatic carbocycles. The predicted molar refractivity (Wildman–Crippen MR) is 77.4 cm³/mol. The Hall–Kier alpha value is -2.05. The zero-order valence-corrected chi connectivity index (χ0v) is 11.7. The Kier molecular flexibility index (Phi) is 2.92. The first-order valence-corrected chi connectivity index (χ1v) is 6.37. The minimum atomic E-state index is -0.530. The molecule has 20 heavy (non-hydrogen) atoms. The van der Waals surface area contributed by atoms with E-state index in [9.17, 15) is 9.59 Å². The van der Waals surface area contributed by atoms with Gasteiger partial charge in [0.05, 0.1) is 5.02 Å². The van der Waals surface area contributed by atoms with Crippen molar-refractivity contribution in [3.05, 3.63) is 49.1 Å². The van der Waals surface area contributed by atoms with Crippen LogP contribution in [0.5, 0.6) is 0 Å². The van der Waals surface area contributed by atoms with E-state index in [4.69, 9.17) is 23.2 Å². The minimum Gasteiger partial charge on any atom is -0.332 e. The van der Waals surface area contributed by atoms with Crippen LogP contribution >= 0.6 is 23.2 Å². The van der Waals surface area contributed by atoms with E-state index >= 15 is 0 Å². The number of H-pyrrole nitrogens is 2. The second kappa shape index (κ2) is 4.50. The number of aryl methyl sites for hydroxylation is 1. The molecular weight excluding hydrogens is 303 g/mol. The monoisotopic (exact) mass is 310 g/mol. The number of hydrogen-bond donors (Lipinski definition) is 2. The van der Waals surface area contributed by atoms with E-state index in [0.29, 0.717) is 21.4 Å². The van der Waals surface area contributed by atoms with Gasteiger partial charge >= 0.3 is 5.69 Å². The van der Waals surface area contributed by atoms with E-state index in [2.05, 4.69) is 15.0 Å². The average Bonchev–Trinajstić information content (AvgIpc) is 2.84. The van der Waals surface area contributed by atoms with E-state index in [0.717, 1.165) is 0 Å². The van der Waals surface area contributed by atoms with Crippen molar-refractivity contribution in [1.29, 1.82) is 0 Å². The van der Waals surface area contributed by atoms with Gasteiger partial charge in [0.1, 0.15) is 11.3 Å². The van der Waals surface area contributed by atoms with Crippen molar-refractivity contribution < 1.29 is 0 Å². The summed E-state index contributed by atoms with van der Waals surface area (Å²) in [5.41, 5.74) is -0.0390. The minimum absolute atomic E-state index is 0.207. The normalized spacial score (nSPS) is 11.2. The van der Waals surface area contributed by atoms with Gasteiger partial charge in [-0.05, 0) is 18.2 Å². The molecule has 6 nitrogen and oxygen atoms in total. The van der Waals surface area contributed by atoms with Gasteiger partial charge in [-0.3, -0.25) is 14.3 Å². The van der Waals surface area contributed by atoms with Crippen LogP contribution in [0.25, 0.3) is 22.6 Å². The summed E-state index contributed by atoms with van der Waals surface area (Å²) < 4.78 is 1.25. The van der Waals surface area contributed by atoms with Crippen LogP contribution in [0.3, 0.4) is 0 Å². The first-order chi connectivity index (χ1) is 9.47. The van der Waals surface area contributed by atoms with Gasteiger partial charge in [0.2, 0.25) is 0 Å². The number of hydrogen-bond acceptors (Lipinski definition) is 3. The molecule has 2 heterocycles. The quantitative estimate of drug-likeness (QED) is 0.720. The van der Waals surface area contributed by atoms with Crippen LogP contribution < -0.4 is 11.2 Å². The fraction of sp³-hybridized carbons (Fsp3) is 0.0833. The van der Waals surface area contributed by atoms with Crippen LogP contribution in [-0.2, 0) is 7.05 Å². The lowest BCUT2D eigenvalue weighted by molar-refractivity contribution is 0.832. The third-order valence-electron chi connectivity index (χ3n) is 2.94. The van der Waals surface area contributed by atoms with Crippen molar-refractivity contribution >= 4 is 34.4 Å². The molecule has 0 aliphatic carbocycles. The molecule has 0 atom stereocenters. The molecule has 8 heteroatoms. The Morgan fingerprint density at radius 2 is 1.95 bits per heavy atom. The molecule has 3 aromatic rings. The maximum absolute atomic E-state index is 11.7. The molecule has 3 rings (SSSR count). The van der Waals surface area contributed by atoms with Crippen LogP contribution in [0.2, 0.25) is 10.0 Å². The first kappa shape index (κ1) is 13.0. The molecule has 0 bridgehead atoms. The number of halogens is 2. The number of fused-ring (bicyclic) bond motifs is 1. The summed E-state index contributed by atoms with van der Waals surface area (Å²) in [6.45, 7) is 0. The number of nitrogens with one attached hydrogen (secondary N) is 2. The Morgan fingerprint density at radius 1 is 1.20 bits per heavy atom. The number of imidazole rings is 1. The predicted octanol–water partition coefficient (Wildman–Crippen LogP) is 1.92. The van der Waals surface area contributed by atoms with Crippen molar-refractivity contribution in [2.75, 3.05) is 0 Å². The van der Waals surface area contributed by atoms with Gasteiger partial charge < -0.3 is 4.98 Å². The number of aromatic nitrogens is 4. The number of aromatic amines is 2. The molecule has 102 valence electrons. The SMILES string of the molecule is Cn1c(=O)[nH]c(=O)c2[nH]c(-c3cc(Cl)ccc3Cl)nc21. The highest BCUT2D eigenvalue weighted by molar-refractivity contribution is 6.35. The summed E-state index contributed by atoms with van der Waals surface area (Å²) in [6.07, 6.45) is 0. The van der Waals surface area contributed by atoms with E-state index in [-0.39, 0.29) is 11.2 Å². The van der Waals surface area contributed by atoms with Crippen molar-refractivity contribution in [1.82, 2.24) is 19.5 Å². The zero-order chi connectivity index (χ0) is 14.4. The van der Waals surface area contributed by atoms with E-state index in [1.54, 1.807) is 18.2 Å². The Bertz CT molecular complexity index is 939. The molecule has 0 spiro atoms. The first-order valence-electron chi connectivity index (χ1n) is 5.62. The van der Waals surface area contributed by atoms with Crippen molar-refractivity contribution in [2.24, 2.45) is 7.05 Å². The standard InChI is InChI=1S/C12H8Cl2N4O2/c1-18-10-8(11(19)17-12(18)20)15-9(16-10)6-4-5(13)2-3-7(6)14/h2-4H,1H3,(H,15,16)(H,17,19,20). The topological polar surface area (TPSA) is 83.5 Å². The second-order valence-corrected chi connectivity index (χ2v) is 5.07. The van der Waals surface area contributed by atoms with Gasteiger partial charge in [0, 0.05) is 17.6 Å². The molecule has 0 saturated heterocycles. The van der Waals surface area contributed by atoms with E-state index < -0.39 is 11.2 Å². The van der Waals surface area contributed by atoms with Crippen molar-refractivity contribution in [2.45, 2.75) is 0 Å². The summed E-state index contributed by atoms with van der Waals surface area (Å²) in [4.78, 5) is 32.6. The van der Waals surface area contributed by atoms with Crippen LogP contribution in [0.4, 0.5) is 0 Å². The molecular formula is C12H8Cl2N4O2. The third kappa shape index (κ3) is 1.93. The molecule has 0 unspecified atom stereocenters. The molecule has 0 saturated carbocycles. The lowest BCUT2D eigenvalue weighted by Gasteiger charge is -2.00. The zero-order valence-electron chi connectivity index (χ0n) is 10.2. The highest BCUT2D eigenvalue weighted by atomic mass is 35.5. The van der Waals surface area contributed by atoms with Gasteiger partial charge in [0.15, 0.2) is 5.65 Å². The molecule has 0 aliphatic rings. The van der Waals surface area contributed by atoms with E-state index in [1.807, 2.05) is 0 Å². The lowest BCUT2D eigenvalue weighted by Crippen LogP contribution is -2.28. The largest absolute Gasteiger partial charge is 0.332 e. The van der Waals surface area contributed by atoms with Crippen LogP contribution in [0.15, 0.2) is 27.8 Å². The van der Waals surface area contributed by atoms with Gasteiger partial charge in [0.25, 0.3) is 5.56 Å². The highest BCUT2D eigenvalue weighted by Crippen LogP contribution is 2.29. The van der Waals surface area contributed by atoms with Crippen molar-refractivity contribution in [3.63, 3.8) is 0 Å². The fourth-order valence-electron chi connectivity index (χ4n) is 1.91. The smallest absolute Gasteiger partial charge is 0.329 e. The third-order valence-corrected chi connectivity index (χ3v) is 3.50. The average molecular weight is 311 g/mol. The van der Waals surface area contributed by atoms with Gasteiger partial charge in [-0.2, -0.15) is 0 Å². The van der Waals surface area contributed by atoms with E-state index in [1.165, 1.54) is 11.6 Å². The summed E-state index contributed by atoms with van der Waals surface area (Å²) >= 11 is 12.0. The molecule has 0 aliphatic heterocycles. The second-order valence-electron chi connectivity index (χ2n) is 4.23. The molecule has 2 N–H and O–H groups in total. The maximum atomic E-state index is 11.7. The van der Waals surface area contributed by atoms with Gasteiger partial charge in [-0.1, -0.05) is 23.2 Å². The molecule has 0 fully saturated rings. The Balaban J connectivity index is 2.37. The summed E-state index contributed by atoms with van der Waals surface area (Å²) in [5, 5.41) is 0.933. The van der Waals surface area contributed by atoms with Crippen LogP contribution in [-0.4, -0.2) is 19.5 Å². The summed E-state index contributed by atoms with van der Waals surface area (Å²) in [6, 6.07) is 4.92. The summed E-state index contributed by atoms with van der Waals surface area (Å²) in [5.74, 6) is 0.374. The summed E-state index contributed by atoms with van der Waals surface area (Å²) in [7, 11) is 1.52. The maximum Gasteiger partial charge on any atom is 0.329 e. The number of benzene rings is 1. The van der Waals surface area contributed by atoms with Crippen LogP contribution in [0.1, 0.15) is 0 Å². The Morgan fingerprint density at radius 3 is 2.70 bits per heavy atom. The number of nitrogens with zero attached hydrogens (tertiary/aromatic N) is 2. The highest BCUT2D eigenvalue weighted by Gasteiger charge is 2.14. The fourth-order valence-corrected chi connectivity index (χ4v) is 2.29. The number of rotatable bonds is 1. The Labute approximate surface area is 122 Å². The molecule has 0 amide bonds. The van der Waals surface area contributed by atoms with Gasteiger partial charge in [-0.25, -0.2) is 9.78 Å². The molecule has 0 radical (unpaired) electrons.